The third-order valence-electron chi connectivity index (χ3n) is 3.60. The molecule has 0 spiro atoms. The standard InChI is InChI=1S/C14H18N2O4/c17-13(16-8-14(18)5-6-19-9-14)12-7-15-10-3-1-2-4-11(10)20-12/h1-4,12,15,18H,5-9H2,(H,16,17). The van der Waals surface area contributed by atoms with Crippen molar-refractivity contribution in [1.29, 1.82) is 0 Å². The molecule has 6 heteroatoms. The minimum absolute atomic E-state index is 0.188. The highest BCUT2D eigenvalue weighted by molar-refractivity contribution is 5.83. The fourth-order valence-electron chi connectivity index (χ4n) is 2.36. The molecule has 0 aromatic heterocycles. The Morgan fingerprint density at radius 1 is 1.50 bits per heavy atom. The van der Waals surface area contributed by atoms with Gasteiger partial charge < -0.3 is 25.2 Å². The van der Waals surface area contributed by atoms with Crippen molar-refractivity contribution in [2.75, 3.05) is 31.6 Å². The number of carbonyl (C=O) groups is 1. The number of rotatable bonds is 3. The summed E-state index contributed by atoms with van der Waals surface area (Å²) in [6.45, 7) is 1.40. The van der Waals surface area contributed by atoms with Crippen molar-refractivity contribution < 1.29 is 19.4 Å². The van der Waals surface area contributed by atoms with Crippen LogP contribution in [0.25, 0.3) is 0 Å². The maximum absolute atomic E-state index is 12.1. The van der Waals surface area contributed by atoms with Gasteiger partial charge in [-0.1, -0.05) is 12.1 Å². The van der Waals surface area contributed by atoms with E-state index in [1.54, 1.807) is 0 Å². The van der Waals surface area contributed by atoms with Gasteiger partial charge in [0.15, 0.2) is 6.10 Å². The van der Waals surface area contributed by atoms with Crippen LogP contribution >= 0.6 is 0 Å². The summed E-state index contributed by atoms with van der Waals surface area (Å²) in [6.07, 6.45) is -0.0456. The molecule has 2 aliphatic rings. The zero-order chi connectivity index (χ0) is 14.0. The lowest BCUT2D eigenvalue weighted by Crippen LogP contribution is -2.50. The molecule has 3 rings (SSSR count). The molecule has 1 amide bonds. The Kier molecular flexibility index (Phi) is 3.50. The largest absolute Gasteiger partial charge is 0.477 e. The fraction of sp³-hybridized carbons (Fsp3) is 0.500. The van der Waals surface area contributed by atoms with Gasteiger partial charge in [-0.15, -0.1) is 0 Å². The van der Waals surface area contributed by atoms with Crippen LogP contribution in [-0.4, -0.2) is 49.0 Å². The average Bonchev–Trinajstić information content (AvgIpc) is 2.91. The lowest BCUT2D eigenvalue weighted by Gasteiger charge is -2.28. The zero-order valence-corrected chi connectivity index (χ0v) is 11.1. The van der Waals surface area contributed by atoms with Crippen LogP contribution in [0, 0.1) is 0 Å². The summed E-state index contributed by atoms with van der Waals surface area (Å²) in [6, 6.07) is 7.49. The number of hydrogen-bond donors (Lipinski definition) is 3. The minimum atomic E-state index is -0.949. The molecule has 20 heavy (non-hydrogen) atoms. The van der Waals surface area contributed by atoms with Crippen LogP contribution < -0.4 is 15.4 Å². The van der Waals surface area contributed by atoms with Gasteiger partial charge >= 0.3 is 0 Å². The second-order valence-corrected chi connectivity index (χ2v) is 5.23. The van der Waals surface area contributed by atoms with Crippen molar-refractivity contribution in [2.24, 2.45) is 0 Å². The van der Waals surface area contributed by atoms with E-state index in [-0.39, 0.29) is 19.1 Å². The van der Waals surface area contributed by atoms with Gasteiger partial charge in [0.25, 0.3) is 5.91 Å². The second kappa shape index (κ2) is 5.30. The molecule has 108 valence electrons. The molecule has 6 nitrogen and oxygen atoms in total. The van der Waals surface area contributed by atoms with E-state index in [9.17, 15) is 9.90 Å². The normalized spacial score (nSPS) is 28.1. The van der Waals surface area contributed by atoms with Gasteiger partial charge in [-0.3, -0.25) is 4.79 Å². The minimum Gasteiger partial charge on any atom is -0.477 e. The first-order valence-electron chi connectivity index (χ1n) is 6.74. The van der Waals surface area contributed by atoms with Gasteiger partial charge in [-0.25, -0.2) is 0 Å². The fourth-order valence-corrected chi connectivity index (χ4v) is 2.36. The van der Waals surface area contributed by atoms with E-state index >= 15 is 0 Å². The summed E-state index contributed by atoms with van der Waals surface area (Å²) in [7, 11) is 0. The number of anilines is 1. The lowest BCUT2D eigenvalue weighted by atomic mass is 10.0. The molecule has 0 saturated carbocycles. The Morgan fingerprint density at radius 2 is 2.35 bits per heavy atom. The number of ether oxygens (including phenoxy) is 2. The van der Waals surface area contributed by atoms with Gasteiger partial charge in [0.05, 0.1) is 18.8 Å². The maximum Gasteiger partial charge on any atom is 0.263 e. The molecule has 1 aromatic rings. The molecule has 2 aliphatic heterocycles. The van der Waals surface area contributed by atoms with Crippen molar-refractivity contribution in [2.45, 2.75) is 18.1 Å². The van der Waals surface area contributed by atoms with Gasteiger partial charge in [0, 0.05) is 19.6 Å². The van der Waals surface area contributed by atoms with E-state index in [0.29, 0.717) is 25.3 Å². The smallest absolute Gasteiger partial charge is 0.263 e. The lowest BCUT2D eigenvalue weighted by molar-refractivity contribution is -0.128. The monoisotopic (exact) mass is 278 g/mol. The number of benzene rings is 1. The molecular formula is C14H18N2O4. The van der Waals surface area contributed by atoms with Gasteiger partial charge in [-0.05, 0) is 12.1 Å². The van der Waals surface area contributed by atoms with E-state index < -0.39 is 11.7 Å². The molecule has 3 N–H and O–H groups in total. The zero-order valence-electron chi connectivity index (χ0n) is 11.1. The molecule has 1 aromatic carbocycles. The van der Waals surface area contributed by atoms with E-state index in [1.807, 2.05) is 24.3 Å². The summed E-state index contributed by atoms with van der Waals surface area (Å²) in [5.41, 5.74) is -0.0604. The quantitative estimate of drug-likeness (QED) is 0.732. The maximum atomic E-state index is 12.1. The first-order chi connectivity index (χ1) is 9.66. The van der Waals surface area contributed by atoms with Crippen molar-refractivity contribution in [3.63, 3.8) is 0 Å². The van der Waals surface area contributed by atoms with Gasteiger partial charge in [0.1, 0.15) is 11.4 Å². The Hall–Kier alpha value is -1.79. The van der Waals surface area contributed by atoms with Crippen molar-refractivity contribution in [1.82, 2.24) is 5.32 Å². The van der Waals surface area contributed by atoms with E-state index in [1.165, 1.54) is 0 Å². The van der Waals surface area contributed by atoms with Crippen LogP contribution in [0.4, 0.5) is 5.69 Å². The number of nitrogens with one attached hydrogen (secondary N) is 2. The molecule has 0 radical (unpaired) electrons. The second-order valence-electron chi connectivity index (χ2n) is 5.23. The highest BCUT2D eigenvalue weighted by atomic mass is 16.5. The summed E-state index contributed by atoms with van der Waals surface area (Å²) in [5.74, 6) is 0.439. The van der Waals surface area contributed by atoms with Gasteiger partial charge in [-0.2, -0.15) is 0 Å². The van der Waals surface area contributed by atoms with Gasteiger partial charge in [0.2, 0.25) is 0 Å². The average molecular weight is 278 g/mol. The number of aliphatic hydroxyl groups is 1. The Morgan fingerprint density at radius 3 is 3.15 bits per heavy atom. The number of amides is 1. The van der Waals surface area contributed by atoms with Crippen LogP contribution in [-0.2, 0) is 9.53 Å². The van der Waals surface area contributed by atoms with Crippen molar-refractivity contribution in [3.8, 4) is 5.75 Å². The van der Waals surface area contributed by atoms with Crippen LogP contribution in [0.1, 0.15) is 6.42 Å². The highest BCUT2D eigenvalue weighted by Gasteiger charge is 2.34. The predicted molar refractivity (Wildman–Crippen MR) is 72.7 cm³/mol. The third-order valence-corrected chi connectivity index (χ3v) is 3.60. The van der Waals surface area contributed by atoms with Crippen LogP contribution in [0.15, 0.2) is 24.3 Å². The van der Waals surface area contributed by atoms with E-state index in [4.69, 9.17) is 9.47 Å². The number of carbonyl (C=O) groups excluding carboxylic acids is 1. The molecule has 2 heterocycles. The summed E-state index contributed by atoms with van der Waals surface area (Å²) in [5, 5.41) is 16.0. The third kappa shape index (κ3) is 2.71. The topological polar surface area (TPSA) is 79.8 Å². The molecule has 2 atom stereocenters. The molecule has 1 saturated heterocycles. The predicted octanol–water partition coefficient (Wildman–Crippen LogP) is 0.127. The number of fused-ring (bicyclic) bond motifs is 1. The summed E-state index contributed by atoms with van der Waals surface area (Å²) >= 11 is 0. The molecule has 2 unspecified atom stereocenters. The first kappa shape index (κ1) is 13.2. The SMILES string of the molecule is O=C(NCC1(O)CCOC1)C1CNc2ccccc2O1. The van der Waals surface area contributed by atoms with Crippen LogP contribution in [0.3, 0.4) is 0 Å². The number of hydrogen-bond acceptors (Lipinski definition) is 5. The molecule has 0 aliphatic carbocycles. The Labute approximate surface area is 117 Å². The molecular weight excluding hydrogens is 260 g/mol. The molecule has 1 fully saturated rings. The molecule has 0 bridgehead atoms. The summed E-state index contributed by atoms with van der Waals surface area (Å²) < 4.78 is 10.8. The summed E-state index contributed by atoms with van der Waals surface area (Å²) in [4.78, 5) is 12.1. The van der Waals surface area contributed by atoms with E-state index in [2.05, 4.69) is 10.6 Å². The van der Waals surface area contributed by atoms with Crippen molar-refractivity contribution >= 4 is 11.6 Å². The first-order valence-corrected chi connectivity index (χ1v) is 6.74. The Balaban J connectivity index is 1.56. The van der Waals surface area contributed by atoms with Crippen molar-refractivity contribution in [3.05, 3.63) is 24.3 Å². The highest BCUT2D eigenvalue weighted by Crippen LogP contribution is 2.28. The Bertz CT molecular complexity index is 500. The number of para-hydroxylation sites is 2. The van der Waals surface area contributed by atoms with E-state index in [0.717, 1.165) is 5.69 Å². The van der Waals surface area contributed by atoms with Crippen LogP contribution in [0.5, 0.6) is 5.75 Å². The van der Waals surface area contributed by atoms with Crippen LogP contribution in [0.2, 0.25) is 0 Å².